The molecule has 1 amide bonds. The van der Waals surface area contributed by atoms with Crippen molar-refractivity contribution >= 4 is 17.2 Å². The Balaban J connectivity index is 2.00. The highest BCUT2D eigenvalue weighted by Crippen LogP contribution is 2.31. The van der Waals surface area contributed by atoms with Crippen LogP contribution in [-0.4, -0.2) is 21.0 Å². The number of aromatic nitrogens is 2. The molecule has 0 aliphatic heterocycles. The molecule has 112 valence electrons. The number of carbonyl (C=O) groups excluding carboxylic acids is 1. The Labute approximate surface area is 121 Å². The fraction of sp³-hybridized carbons (Fsp3) is 0.250. The topological polar surface area (TPSA) is 75.1 Å². The summed E-state index contributed by atoms with van der Waals surface area (Å²) in [6.07, 6.45) is -4.56. The van der Waals surface area contributed by atoms with Gasteiger partial charge in [-0.1, -0.05) is 6.07 Å². The summed E-state index contributed by atoms with van der Waals surface area (Å²) in [5.74, 6) is -0.710. The fourth-order valence-corrected chi connectivity index (χ4v) is 2.15. The van der Waals surface area contributed by atoms with Crippen molar-refractivity contribution in [3.8, 4) is 0 Å². The summed E-state index contributed by atoms with van der Waals surface area (Å²) in [4.78, 5) is 19.0. The second-order valence-corrected chi connectivity index (χ2v) is 4.85. The van der Waals surface area contributed by atoms with Gasteiger partial charge in [0.2, 0.25) is 0 Å². The molecular weight excluding hydrogens is 307 g/mol. The van der Waals surface area contributed by atoms with E-state index in [4.69, 9.17) is 5.11 Å². The zero-order valence-corrected chi connectivity index (χ0v) is 11.3. The van der Waals surface area contributed by atoms with Crippen LogP contribution in [0.25, 0.3) is 0 Å². The first-order chi connectivity index (χ1) is 9.90. The van der Waals surface area contributed by atoms with Crippen molar-refractivity contribution in [3.05, 3.63) is 45.7 Å². The number of pyridine rings is 1. The number of nitrogens with zero attached hydrogens (tertiary/aromatic N) is 2. The molecule has 2 heterocycles. The van der Waals surface area contributed by atoms with Crippen molar-refractivity contribution in [1.29, 1.82) is 0 Å². The Morgan fingerprint density at radius 2 is 2.00 bits per heavy atom. The number of hydrogen-bond donors (Lipinski definition) is 2. The van der Waals surface area contributed by atoms with Crippen molar-refractivity contribution in [2.75, 3.05) is 0 Å². The summed E-state index contributed by atoms with van der Waals surface area (Å²) in [5.41, 5.74) is 0.640. The minimum absolute atomic E-state index is 0.0333. The molecule has 0 unspecified atom stereocenters. The number of aliphatic hydroxyl groups excluding tert-OH is 1. The van der Waals surface area contributed by atoms with Crippen LogP contribution in [0.5, 0.6) is 0 Å². The average molecular weight is 317 g/mol. The standard InChI is InChI=1S/C12H10F3N3O2S/c13-12(14,15)11-18-9(6-21-11)10(20)16-4-7-2-1-3-8(5-19)17-7/h1-3,6,19H,4-5H2,(H,16,20). The maximum Gasteiger partial charge on any atom is 0.443 e. The Morgan fingerprint density at radius 1 is 1.29 bits per heavy atom. The minimum atomic E-state index is -4.56. The predicted molar refractivity (Wildman–Crippen MR) is 68.4 cm³/mol. The lowest BCUT2D eigenvalue weighted by molar-refractivity contribution is -0.137. The summed E-state index contributed by atoms with van der Waals surface area (Å²) in [6.45, 7) is -0.200. The van der Waals surface area contributed by atoms with E-state index in [9.17, 15) is 18.0 Å². The number of carbonyl (C=O) groups is 1. The lowest BCUT2D eigenvalue weighted by atomic mass is 10.3. The van der Waals surface area contributed by atoms with E-state index in [2.05, 4.69) is 15.3 Å². The van der Waals surface area contributed by atoms with Gasteiger partial charge in [-0.25, -0.2) is 4.98 Å². The van der Waals surface area contributed by atoms with Gasteiger partial charge in [0.05, 0.1) is 24.5 Å². The third-order valence-electron chi connectivity index (χ3n) is 2.44. The minimum Gasteiger partial charge on any atom is -0.390 e. The number of amides is 1. The zero-order chi connectivity index (χ0) is 15.5. The smallest absolute Gasteiger partial charge is 0.390 e. The Bertz CT molecular complexity index is 643. The molecule has 21 heavy (non-hydrogen) atoms. The molecule has 0 aromatic carbocycles. The van der Waals surface area contributed by atoms with Crippen molar-refractivity contribution in [2.24, 2.45) is 0 Å². The van der Waals surface area contributed by atoms with Crippen molar-refractivity contribution < 1.29 is 23.1 Å². The zero-order valence-electron chi connectivity index (χ0n) is 10.5. The molecule has 0 atom stereocenters. The predicted octanol–water partition coefficient (Wildman–Crippen LogP) is 1.98. The molecule has 0 fully saturated rings. The van der Waals surface area contributed by atoms with Gasteiger partial charge in [0, 0.05) is 5.38 Å². The summed E-state index contributed by atoms with van der Waals surface area (Å²) < 4.78 is 37.1. The molecule has 0 bridgehead atoms. The second-order valence-electron chi connectivity index (χ2n) is 4.00. The van der Waals surface area contributed by atoms with Crippen LogP contribution in [-0.2, 0) is 19.3 Å². The molecule has 0 radical (unpaired) electrons. The number of nitrogens with one attached hydrogen (secondary N) is 1. The highest BCUT2D eigenvalue weighted by atomic mass is 32.1. The van der Waals surface area contributed by atoms with Gasteiger partial charge in [-0.3, -0.25) is 9.78 Å². The second kappa shape index (κ2) is 6.19. The number of alkyl halides is 3. The van der Waals surface area contributed by atoms with E-state index in [-0.39, 0.29) is 18.8 Å². The first-order valence-corrected chi connectivity index (χ1v) is 6.64. The lowest BCUT2D eigenvalue weighted by Crippen LogP contribution is -2.24. The van der Waals surface area contributed by atoms with Gasteiger partial charge < -0.3 is 10.4 Å². The maximum atomic E-state index is 12.4. The van der Waals surface area contributed by atoms with E-state index in [0.29, 0.717) is 22.7 Å². The van der Waals surface area contributed by atoms with Crippen LogP contribution in [0, 0.1) is 0 Å². The lowest BCUT2D eigenvalue weighted by Gasteiger charge is -2.04. The molecule has 9 heteroatoms. The largest absolute Gasteiger partial charge is 0.443 e. The normalized spacial score (nSPS) is 11.4. The summed E-state index contributed by atoms with van der Waals surface area (Å²) in [5, 5.41) is 11.3. The highest BCUT2D eigenvalue weighted by Gasteiger charge is 2.35. The Morgan fingerprint density at radius 3 is 2.62 bits per heavy atom. The Kier molecular flexibility index (Phi) is 4.53. The molecular formula is C12H10F3N3O2S. The van der Waals surface area contributed by atoms with E-state index < -0.39 is 17.1 Å². The third kappa shape index (κ3) is 3.99. The number of hydrogen-bond acceptors (Lipinski definition) is 5. The molecule has 2 aromatic rings. The van der Waals surface area contributed by atoms with Crippen LogP contribution in [0.1, 0.15) is 26.9 Å². The molecule has 0 aliphatic carbocycles. The van der Waals surface area contributed by atoms with Gasteiger partial charge in [0.25, 0.3) is 5.91 Å². The van der Waals surface area contributed by atoms with Gasteiger partial charge in [-0.2, -0.15) is 13.2 Å². The average Bonchev–Trinajstić information content (AvgIpc) is 2.95. The quantitative estimate of drug-likeness (QED) is 0.904. The van der Waals surface area contributed by atoms with E-state index >= 15 is 0 Å². The highest BCUT2D eigenvalue weighted by molar-refractivity contribution is 7.09. The van der Waals surface area contributed by atoms with Gasteiger partial charge in [-0.15, -0.1) is 11.3 Å². The van der Waals surface area contributed by atoms with Crippen LogP contribution in [0.15, 0.2) is 23.6 Å². The van der Waals surface area contributed by atoms with Crippen LogP contribution < -0.4 is 5.32 Å². The number of halogens is 3. The van der Waals surface area contributed by atoms with Crippen LogP contribution in [0.3, 0.4) is 0 Å². The molecule has 0 saturated heterocycles. The third-order valence-corrected chi connectivity index (χ3v) is 3.32. The van der Waals surface area contributed by atoms with Crippen LogP contribution in [0.4, 0.5) is 13.2 Å². The maximum absolute atomic E-state index is 12.4. The van der Waals surface area contributed by atoms with Gasteiger partial charge in [0.15, 0.2) is 5.01 Å². The van der Waals surface area contributed by atoms with Crippen LogP contribution >= 0.6 is 11.3 Å². The van der Waals surface area contributed by atoms with Crippen LogP contribution in [0.2, 0.25) is 0 Å². The molecule has 0 spiro atoms. The van der Waals surface area contributed by atoms with E-state index in [0.717, 1.165) is 5.38 Å². The van der Waals surface area contributed by atoms with E-state index in [1.54, 1.807) is 18.2 Å². The van der Waals surface area contributed by atoms with Gasteiger partial charge in [0.1, 0.15) is 5.69 Å². The van der Waals surface area contributed by atoms with Gasteiger partial charge in [-0.05, 0) is 12.1 Å². The van der Waals surface area contributed by atoms with E-state index in [1.807, 2.05) is 0 Å². The fourth-order valence-electron chi connectivity index (χ4n) is 1.49. The first-order valence-electron chi connectivity index (χ1n) is 5.76. The number of rotatable bonds is 4. The monoisotopic (exact) mass is 317 g/mol. The molecule has 2 aromatic heterocycles. The van der Waals surface area contributed by atoms with Gasteiger partial charge >= 0.3 is 6.18 Å². The Hall–Kier alpha value is -2.00. The molecule has 0 saturated carbocycles. The SMILES string of the molecule is O=C(NCc1cccc(CO)n1)c1csc(C(F)(F)F)n1. The van der Waals surface area contributed by atoms with Crippen molar-refractivity contribution in [2.45, 2.75) is 19.3 Å². The first kappa shape index (κ1) is 15.4. The summed E-state index contributed by atoms with van der Waals surface area (Å²) in [7, 11) is 0. The summed E-state index contributed by atoms with van der Waals surface area (Å²) in [6, 6.07) is 4.90. The number of aliphatic hydroxyl groups is 1. The molecule has 2 N–H and O–H groups in total. The van der Waals surface area contributed by atoms with Crippen molar-refractivity contribution in [3.63, 3.8) is 0 Å². The molecule has 5 nitrogen and oxygen atoms in total. The van der Waals surface area contributed by atoms with E-state index in [1.165, 1.54) is 0 Å². The summed E-state index contributed by atoms with van der Waals surface area (Å²) >= 11 is 0.367. The molecule has 0 aliphatic rings. The number of thiazole rings is 1. The van der Waals surface area contributed by atoms with Crippen molar-refractivity contribution in [1.82, 2.24) is 15.3 Å². The molecule has 2 rings (SSSR count).